The molecule has 0 aromatic rings. The van der Waals surface area contributed by atoms with Crippen LogP contribution in [-0.4, -0.2) is 12.1 Å². The molecule has 0 radical (unpaired) electrons. The summed E-state index contributed by atoms with van der Waals surface area (Å²) in [4.78, 5) is 0. The third kappa shape index (κ3) is 0.799. The molecule has 0 saturated carbocycles. The summed E-state index contributed by atoms with van der Waals surface area (Å²) in [6.07, 6.45) is 7.29. The fourth-order valence-corrected chi connectivity index (χ4v) is 1.99. The fourth-order valence-electron chi connectivity index (χ4n) is 1.99. The molecule has 1 N–H and O–H groups in total. The summed E-state index contributed by atoms with van der Waals surface area (Å²) in [5.41, 5.74) is 0. The third-order valence-corrected chi connectivity index (χ3v) is 2.42. The zero-order valence-electron chi connectivity index (χ0n) is 5.80. The molecule has 2 rings (SSSR count). The van der Waals surface area contributed by atoms with Gasteiger partial charge in [-0.1, -0.05) is 12.2 Å². The van der Waals surface area contributed by atoms with Crippen molar-refractivity contribution in [2.24, 2.45) is 5.92 Å². The molecule has 1 aliphatic heterocycles. The van der Waals surface area contributed by atoms with Gasteiger partial charge in [-0.2, -0.15) is 0 Å². The predicted octanol–water partition coefficient (Wildman–Crippen LogP) is 1.31. The van der Waals surface area contributed by atoms with E-state index in [1.54, 1.807) is 0 Å². The van der Waals surface area contributed by atoms with E-state index in [2.05, 4.69) is 24.4 Å². The summed E-state index contributed by atoms with van der Waals surface area (Å²) in [5.74, 6) is 0.931. The highest BCUT2D eigenvalue weighted by atomic mass is 15.0. The smallest absolute Gasteiger partial charge is 0.0284 e. The van der Waals surface area contributed by atoms with Crippen LogP contribution in [-0.2, 0) is 0 Å². The highest BCUT2D eigenvalue weighted by Gasteiger charge is 2.31. The van der Waals surface area contributed by atoms with Crippen molar-refractivity contribution in [1.82, 2.24) is 5.32 Å². The van der Waals surface area contributed by atoms with Crippen LogP contribution in [0.3, 0.4) is 0 Å². The maximum Gasteiger partial charge on any atom is 0.0284 e. The van der Waals surface area contributed by atoms with Gasteiger partial charge in [0, 0.05) is 12.1 Å². The first-order chi connectivity index (χ1) is 4.36. The van der Waals surface area contributed by atoms with Gasteiger partial charge < -0.3 is 5.32 Å². The van der Waals surface area contributed by atoms with Crippen molar-refractivity contribution in [3.8, 4) is 0 Å². The standard InChI is InChI=1S/C8H13N/c1-6-5-7-3-2-4-8(7)9-6/h2,4,6-9H,3,5H2,1H3. The summed E-state index contributed by atoms with van der Waals surface area (Å²) in [7, 11) is 0. The average molecular weight is 123 g/mol. The molecular formula is C8H13N. The number of fused-ring (bicyclic) bond motifs is 1. The number of hydrogen-bond acceptors (Lipinski definition) is 1. The second-order valence-electron chi connectivity index (χ2n) is 3.25. The van der Waals surface area contributed by atoms with Gasteiger partial charge in [0.2, 0.25) is 0 Å². The van der Waals surface area contributed by atoms with Crippen molar-refractivity contribution in [3.63, 3.8) is 0 Å². The van der Waals surface area contributed by atoms with E-state index >= 15 is 0 Å². The van der Waals surface area contributed by atoms with Crippen LogP contribution in [0, 0.1) is 5.92 Å². The van der Waals surface area contributed by atoms with E-state index in [4.69, 9.17) is 0 Å². The minimum Gasteiger partial charge on any atom is -0.308 e. The molecule has 1 saturated heterocycles. The number of nitrogens with one attached hydrogen (secondary N) is 1. The van der Waals surface area contributed by atoms with E-state index in [0.717, 1.165) is 18.0 Å². The first kappa shape index (κ1) is 5.48. The average Bonchev–Trinajstić information content (AvgIpc) is 2.22. The summed E-state index contributed by atoms with van der Waals surface area (Å²) < 4.78 is 0. The van der Waals surface area contributed by atoms with Crippen molar-refractivity contribution < 1.29 is 0 Å². The van der Waals surface area contributed by atoms with Crippen LogP contribution >= 0.6 is 0 Å². The van der Waals surface area contributed by atoms with Crippen LogP contribution in [0.15, 0.2) is 12.2 Å². The van der Waals surface area contributed by atoms with Gasteiger partial charge in [0.1, 0.15) is 0 Å². The molecule has 0 spiro atoms. The second-order valence-corrected chi connectivity index (χ2v) is 3.25. The quantitative estimate of drug-likeness (QED) is 0.479. The van der Waals surface area contributed by atoms with Crippen LogP contribution in [0.5, 0.6) is 0 Å². The molecule has 3 unspecified atom stereocenters. The van der Waals surface area contributed by atoms with Gasteiger partial charge in [0.05, 0.1) is 0 Å². The van der Waals surface area contributed by atoms with Gasteiger partial charge in [0.25, 0.3) is 0 Å². The van der Waals surface area contributed by atoms with Crippen LogP contribution in [0.25, 0.3) is 0 Å². The molecule has 1 nitrogen and oxygen atoms in total. The lowest BCUT2D eigenvalue weighted by Crippen LogP contribution is -2.25. The Bertz CT molecular complexity index is 140. The topological polar surface area (TPSA) is 12.0 Å². The molecule has 1 aliphatic carbocycles. The molecule has 0 bridgehead atoms. The Kier molecular flexibility index (Phi) is 1.12. The van der Waals surface area contributed by atoms with Gasteiger partial charge in [-0.15, -0.1) is 0 Å². The summed E-state index contributed by atoms with van der Waals surface area (Å²) in [5, 5.41) is 3.53. The minimum atomic E-state index is 0.722. The molecular weight excluding hydrogens is 110 g/mol. The van der Waals surface area contributed by atoms with Crippen molar-refractivity contribution in [2.75, 3.05) is 0 Å². The Balaban J connectivity index is 2.08. The molecule has 2 aliphatic rings. The molecule has 9 heavy (non-hydrogen) atoms. The minimum absolute atomic E-state index is 0.722. The van der Waals surface area contributed by atoms with Gasteiger partial charge in [-0.05, 0) is 25.7 Å². The summed E-state index contributed by atoms with van der Waals surface area (Å²) in [6, 6.07) is 1.48. The van der Waals surface area contributed by atoms with E-state index in [-0.39, 0.29) is 0 Å². The first-order valence-corrected chi connectivity index (χ1v) is 3.79. The second kappa shape index (κ2) is 1.84. The van der Waals surface area contributed by atoms with E-state index in [0.29, 0.717) is 0 Å². The largest absolute Gasteiger partial charge is 0.308 e. The lowest BCUT2D eigenvalue weighted by molar-refractivity contribution is 0.549. The SMILES string of the molecule is CC1CC2CC=CC2N1. The van der Waals surface area contributed by atoms with Crippen LogP contribution in [0.1, 0.15) is 19.8 Å². The molecule has 3 atom stereocenters. The Morgan fingerprint density at radius 3 is 3.22 bits per heavy atom. The van der Waals surface area contributed by atoms with Crippen LogP contribution < -0.4 is 5.32 Å². The summed E-state index contributed by atoms with van der Waals surface area (Å²) >= 11 is 0. The molecule has 50 valence electrons. The number of rotatable bonds is 0. The molecule has 0 amide bonds. The Morgan fingerprint density at radius 1 is 1.56 bits per heavy atom. The highest BCUT2D eigenvalue weighted by Crippen LogP contribution is 2.29. The van der Waals surface area contributed by atoms with Crippen molar-refractivity contribution >= 4 is 0 Å². The van der Waals surface area contributed by atoms with Crippen molar-refractivity contribution in [1.29, 1.82) is 0 Å². The maximum absolute atomic E-state index is 3.53. The number of hydrogen-bond donors (Lipinski definition) is 1. The maximum atomic E-state index is 3.53. The van der Waals surface area contributed by atoms with E-state index in [1.165, 1.54) is 12.8 Å². The van der Waals surface area contributed by atoms with Gasteiger partial charge >= 0.3 is 0 Å². The zero-order chi connectivity index (χ0) is 6.27. The Hall–Kier alpha value is -0.300. The lowest BCUT2D eigenvalue weighted by atomic mass is 10.0. The van der Waals surface area contributed by atoms with E-state index < -0.39 is 0 Å². The predicted molar refractivity (Wildman–Crippen MR) is 38.2 cm³/mol. The lowest BCUT2D eigenvalue weighted by Gasteiger charge is -2.05. The highest BCUT2D eigenvalue weighted by molar-refractivity contribution is 5.10. The molecule has 1 heteroatoms. The number of allylic oxidation sites excluding steroid dienone is 1. The van der Waals surface area contributed by atoms with Gasteiger partial charge in [0.15, 0.2) is 0 Å². The first-order valence-electron chi connectivity index (χ1n) is 3.79. The molecule has 0 aromatic carbocycles. The molecule has 1 fully saturated rings. The monoisotopic (exact) mass is 123 g/mol. The summed E-state index contributed by atoms with van der Waals surface area (Å²) in [6.45, 7) is 2.27. The fraction of sp³-hybridized carbons (Fsp3) is 0.750. The zero-order valence-corrected chi connectivity index (χ0v) is 5.80. The van der Waals surface area contributed by atoms with Crippen LogP contribution in [0.2, 0.25) is 0 Å². The van der Waals surface area contributed by atoms with Gasteiger partial charge in [-0.3, -0.25) is 0 Å². The van der Waals surface area contributed by atoms with Gasteiger partial charge in [-0.25, -0.2) is 0 Å². The molecule has 0 aromatic heterocycles. The van der Waals surface area contributed by atoms with E-state index in [9.17, 15) is 0 Å². The Morgan fingerprint density at radius 2 is 2.44 bits per heavy atom. The van der Waals surface area contributed by atoms with Crippen LogP contribution in [0.4, 0.5) is 0 Å². The van der Waals surface area contributed by atoms with E-state index in [1.807, 2.05) is 0 Å². The normalized spacial score (nSPS) is 47.9. The van der Waals surface area contributed by atoms with Crippen molar-refractivity contribution in [2.45, 2.75) is 31.8 Å². The van der Waals surface area contributed by atoms with Crippen molar-refractivity contribution in [3.05, 3.63) is 12.2 Å². The third-order valence-electron chi connectivity index (χ3n) is 2.42. The Labute approximate surface area is 56.1 Å². The molecule has 1 heterocycles.